The third kappa shape index (κ3) is 2.63. The van der Waals surface area contributed by atoms with Gasteiger partial charge in [0, 0.05) is 38.1 Å². The molecule has 22 heavy (non-hydrogen) atoms. The van der Waals surface area contributed by atoms with Crippen LogP contribution in [0, 0.1) is 5.92 Å². The van der Waals surface area contributed by atoms with Gasteiger partial charge >= 0.3 is 0 Å². The standard InChI is InChI=1S/C15H21N3O3S/c1-2-8-18-13-6-5-12(15(18)19)10-17(11-13)22(20,21)14-4-3-7-16-9-14/h3-4,7,9,12-13H,2,5-6,8,10-11H2,1H3/t12-,13+/m0/s1. The normalized spacial score (nSPS) is 26.2. The van der Waals surface area contributed by atoms with E-state index in [-0.39, 0.29) is 29.3 Å². The second-order valence-corrected chi connectivity index (χ2v) is 7.91. The summed E-state index contributed by atoms with van der Waals surface area (Å²) >= 11 is 0. The zero-order chi connectivity index (χ0) is 15.7. The zero-order valence-corrected chi connectivity index (χ0v) is 13.5. The highest BCUT2D eigenvalue weighted by atomic mass is 32.2. The Morgan fingerprint density at radius 3 is 2.82 bits per heavy atom. The number of rotatable bonds is 4. The van der Waals surface area contributed by atoms with Crippen LogP contribution in [-0.4, -0.2) is 54.2 Å². The van der Waals surface area contributed by atoms with Crippen molar-refractivity contribution in [1.29, 1.82) is 0 Å². The molecular weight excluding hydrogens is 302 g/mol. The van der Waals surface area contributed by atoms with Gasteiger partial charge in [0.2, 0.25) is 15.9 Å². The predicted molar refractivity (Wildman–Crippen MR) is 81.5 cm³/mol. The third-order valence-corrected chi connectivity index (χ3v) is 6.31. The van der Waals surface area contributed by atoms with E-state index < -0.39 is 10.0 Å². The van der Waals surface area contributed by atoms with Crippen LogP contribution in [0.15, 0.2) is 29.4 Å². The Balaban J connectivity index is 1.90. The summed E-state index contributed by atoms with van der Waals surface area (Å²) in [7, 11) is -3.58. The van der Waals surface area contributed by atoms with Crippen molar-refractivity contribution in [3.05, 3.63) is 24.5 Å². The third-order valence-electron chi connectivity index (χ3n) is 4.50. The quantitative estimate of drug-likeness (QED) is 0.832. The summed E-state index contributed by atoms with van der Waals surface area (Å²) in [4.78, 5) is 18.5. The van der Waals surface area contributed by atoms with Crippen molar-refractivity contribution in [3.8, 4) is 0 Å². The number of piperidine rings is 1. The fourth-order valence-corrected chi connectivity index (χ4v) is 4.87. The van der Waals surface area contributed by atoms with Gasteiger partial charge in [-0.1, -0.05) is 6.92 Å². The molecule has 1 amide bonds. The van der Waals surface area contributed by atoms with Crippen molar-refractivity contribution < 1.29 is 13.2 Å². The number of amides is 1. The van der Waals surface area contributed by atoms with E-state index in [0.717, 1.165) is 19.3 Å². The fraction of sp³-hybridized carbons (Fsp3) is 0.600. The van der Waals surface area contributed by atoms with Crippen LogP contribution >= 0.6 is 0 Å². The van der Waals surface area contributed by atoms with Crippen molar-refractivity contribution >= 4 is 15.9 Å². The maximum absolute atomic E-state index is 12.8. The first kappa shape index (κ1) is 15.4. The Morgan fingerprint density at radius 1 is 1.32 bits per heavy atom. The monoisotopic (exact) mass is 323 g/mol. The van der Waals surface area contributed by atoms with Crippen LogP contribution in [0.2, 0.25) is 0 Å². The van der Waals surface area contributed by atoms with E-state index in [1.165, 1.54) is 10.5 Å². The molecule has 7 heteroatoms. The van der Waals surface area contributed by atoms with Gasteiger partial charge in [-0.05, 0) is 31.4 Å². The minimum absolute atomic E-state index is 0.00218. The molecule has 0 saturated carbocycles. The number of aromatic nitrogens is 1. The Morgan fingerprint density at radius 2 is 2.14 bits per heavy atom. The van der Waals surface area contributed by atoms with E-state index in [1.807, 2.05) is 11.8 Å². The molecule has 0 radical (unpaired) electrons. The molecule has 0 aliphatic carbocycles. The smallest absolute Gasteiger partial charge is 0.244 e. The average Bonchev–Trinajstić information content (AvgIpc) is 2.82. The minimum Gasteiger partial charge on any atom is -0.338 e. The highest BCUT2D eigenvalue weighted by molar-refractivity contribution is 7.89. The van der Waals surface area contributed by atoms with E-state index in [4.69, 9.17) is 0 Å². The Kier molecular flexibility index (Phi) is 4.18. The highest BCUT2D eigenvalue weighted by Gasteiger charge is 2.43. The van der Waals surface area contributed by atoms with Gasteiger partial charge in [-0.25, -0.2) is 8.42 Å². The summed E-state index contributed by atoms with van der Waals surface area (Å²) < 4.78 is 27.0. The van der Waals surface area contributed by atoms with Crippen LogP contribution in [0.25, 0.3) is 0 Å². The van der Waals surface area contributed by atoms with Gasteiger partial charge in [-0.15, -0.1) is 0 Å². The topological polar surface area (TPSA) is 70.6 Å². The summed E-state index contributed by atoms with van der Waals surface area (Å²) in [6.45, 7) is 3.42. The molecule has 4 heterocycles. The van der Waals surface area contributed by atoms with Crippen molar-refractivity contribution in [1.82, 2.24) is 14.2 Å². The lowest BCUT2D eigenvalue weighted by molar-refractivity contribution is -0.139. The summed E-state index contributed by atoms with van der Waals surface area (Å²) in [5.74, 6) is -0.0984. The molecule has 2 bridgehead atoms. The molecule has 2 atom stereocenters. The Labute approximate surface area is 131 Å². The van der Waals surface area contributed by atoms with E-state index in [2.05, 4.69) is 4.98 Å². The number of pyridine rings is 1. The Hall–Kier alpha value is -1.47. The van der Waals surface area contributed by atoms with Crippen LogP contribution in [0.4, 0.5) is 0 Å². The maximum atomic E-state index is 12.8. The van der Waals surface area contributed by atoms with Crippen LogP contribution in [-0.2, 0) is 14.8 Å². The van der Waals surface area contributed by atoms with Gasteiger partial charge in [0.05, 0.1) is 5.92 Å². The average molecular weight is 323 g/mol. The Bertz CT molecular complexity index is 647. The number of carbonyl (C=O) groups excluding carboxylic acids is 1. The molecule has 0 spiro atoms. The van der Waals surface area contributed by atoms with Crippen LogP contribution < -0.4 is 0 Å². The van der Waals surface area contributed by atoms with Crippen molar-refractivity contribution in [2.45, 2.75) is 37.1 Å². The summed E-state index contributed by atoms with van der Waals surface area (Å²) in [6.07, 6.45) is 5.48. The lowest BCUT2D eigenvalue weighted by Gasteiger charge is -2.35. The minimum atomic E-state index is -3.58. The van der Waals surface area contributed by atoms with Crippen LogP contribution in [0.1, 0.15) is 26.2 Å². The van der Waals surface area contributed by atoms with Crippen molar-refractivity contribution in [3.63, 3.8) is 0 Å². The first-order chi connectivity index (χ1) is 10.5. The molecule has 0 unspecified atom stereocenters. The molecule has 3 saturated heterocycles. The second kappa shape index (κ2) is 5.96. The van der Waals surface area contributed by atoms with Crippen LogP contribution in [0.3, 0.4) is 0 Å². The molecule has 120 valence electrons. The largest absolute Gasteiger partial charge is 0.338 e. The lowest BCUT2D eigenvalue weighted by Crippen LogP contribution is -2.48. The van der Waals surface area contributed by atoms with Gasteiger partial charge in [0.15, 0.2) is 0 Å². The summed E-state index contributed by atoms with van der Waals surface area (Å²) in [5, 5.41) is 0. The first-order valence-corrected chi connectivity index (χ1v) is 9.18. The number of sulfonamides is 1. The van der Waals surface area contributed by atoms with Gasteiger partial charge in [0.1, 0.15) is 4.90 Å². The molecule has 6 nitrogen and oxygen atoms in total. The summed E-state index contributed by atoms with van der Waals surface area (Å²) in [6, 6.07) is 3.17. The molecule has 3 aliphatic heterocycles. The van der Waals surface area contributed by atoms with Gasteiger partial charge in [-0.3, -0.25) is 9.78 Å². The van der Waals surface area contributed by atoms with Crippen molar-refractivity contribution in [2.75, 3.05) is 19.6 Å². The molecule has 1 aromatic heterocycles. The molecule has 3 aliphatic rings. The number of hydrogen-bond acceptors (Lipinski definition) is 4. The van der Waals surface area contributed by atoms with E-state index >= 15 is 0 Å². The van der Waals surface area contributed by atoms with Crippen molar-refractivity contribution in [2.24, 2.45) is 5.92 Å². The van der Waals surface area contributed by atoms with Gasteiger partial charge < -0.3 is 4.90 Å². The zero-order valence-electron chi connectivity index (χ0n) is 12.7. The van der Waals surface area contributed by atoms with Gasteiger partial charge in [0.25, 0.3) is 0 Å². The van der Waals surface area contributed by atoms with E-state index in [9.17, 15) is 13.2 Å². The number of fused-ring (bicyclic) bond motifs is 4. The second-order valence-electron chi connectivity index (χ2n) is 5.97. The highest BCUT2D eigenvalue weighted by Crippen LogP contribution is 2.31. The molecular formula is C15H21N3O3S. The SMILES string of the molecule is CCCN1C(=O)[C@H]2CC[C@@H]1CN(S(=O)(=O)c1cccnc1)C2. The fourth-order valence-electron chi connectivity index (χ4n) is 3.38. The summed E-state index contributed by atoms with van der Waals surface area (Å²) in [5.41, 5.74) is 0. The van der Waals surface area contributed by atoms with E-state index in [0.29, 0.717) is 13.1 Å². The maximum Gasteiger partial charge on any atom is 0.244 e. The molecule has 0 aromatic carbocycles. The van der Waals surface area contributed by atoms with E-state index in [1.54, 1.807) is 18.3 Å². The number of nitrogens with zero attached hydrogens (tertiary/aromatic N) is 3. The number of hydrogen-bond donors (Lipinski definition) is 0. The molecule has 0 N–H and O–H groups in total. The number of carbonyl (C=O) groups is 1. The molecule has 3 fully saturated rings. The first-order valence-electron chi connectivity index (χ1n) is 7.74. The predicted octanol–water partition coefficient (Wildman–Crippen LogP) is 1.10. The van der Waals surface area contributed by atoms with Crippen LogP contribution in [0.5, 0.6) is 0 Å². The molecule has 1 aromatic rings. The van der Waals surface area contributed by atoms with Gasteiger partial charge in [-0.2, -0.15) is 4.31 Å². The molecule has 4 rings (SSSR count). The lowest BCUT2D eigenvalue weighted by atomic mass is 9.94.